The SMILES string of the molecule is COC(=O)CC(NC(=O)C1CCN(C(=O)OC(C)(C)C)CC1)c1ccc(OC)c(OC)c1. The van der Waals surface area contributed by atoms with E-state index in [1.54, 1.807) is 23.1 Å². The molecule has 1 aliphatic heterocycles. The van der Waals surface area contributed by atoms with Crippen molar-refractivity contribution in [3.63, 3.8) is 0 Å². The van der Waals surface area contributed by atoms with E-state index < -0.39 is 17.6 Å². The van der Waals surface area contributed by atoms with E-state index in [4.69, 9.17) is 18.9 Å². The molecule has 1 heterocycles. The Morgan fingerprint density at radius 2 is 1.69 bits per heavy atom. The lowest BCUT2D eigenvalue weighted by Gasteiger charge is -2.33. The second kappa shape index (κ2) is 11.1. The monoisotopic (exact) mass is 450 g/mol. The molecule has 0 radical (unpaired) electrons. The number of carbonyl (C=O) groups is 3. The fraction of sp³-hybridized carbons (Fsp3) is 0.609. The fourth-order valence-corrected chi connectivity index (χ4v) is 3.51. The van der Waals surface area contributed by atoms with Crippen molar-refractivity contribution >= 4 is 18.0 Å². The summed E-state index contributed by atoms with van der Waals surface area (Å²) in [5, 5.41) is 2.97. The first-order valence-electron chi connectivity index (χ1n) is 10.6. The number of benzene rings is 1. The number of piperidine rings is 1. The van der Waals surface area contributed by atoms with Gasteiger partial charge < -0.3 is 29.2 Å². The minimum absolute atomic E-state index is 0.0194. The molecule has 1 unspecified atom stereocenters. The second-order valence-corrected chi connectivity index (χ2v) is 8.70. The summed E-state index contributed by atoms with van der Waals surface area (Å²) in [7, 11) is 4.37. The molecule has 1 saturated heterocycles. The zero-order chi connectivity index (χ0) is 23.9. The smallest absolute Gasteiger partial charge is 0.410 e. The number of nitrogens with one attached hydrogen (secondary N) is 1. The van der Waals surface area contributed by atoms with Gasteiger partial charge in [-0.1, -0.05) is 6.07 Å². The first-order chi connectivity index (χ1) is 15.1. The number of ether oxygens (including phenoxy) is 4. The van der Waals surface area contributed by atoms with Crippen LogP contribution in [0, 0.1) is 5.92 Å². The molecule has 0 aliphatic carbocycles. The summed E-state index contributed by atoms with van der Waals surface area (Å²) in [6, 6.07) is 4.65. The van der Waals surface area contributed by atoms with Crippen molar-refractivity contribution in [3.8, 4) is 11.5 Å². The van der Waals surface area contributed by atoms with Crippen LogP contribution >= 0.6 is 0 Å². The Kier molecular flexibility index (Phi) is 8.74. The van der Waals surface area contributed by atoms with E-state index in [0.29, 0.717) is 43.0 Å². The maximum absolute atomic E-state index is 13.0. The predicted molar refractivity (Wildman–Crippen MR) is 118 cm³/mol. The molecule has 9 heteroatoms. The Labute approximate surface area is 189 Å². The molecule has 2 rings (SSSR count). The van der Waals surface area contributed by atoms with E-state index in [2.05, 4.69) is 5.32 Å². The van der Waals surface area contributed by atoms with Gasteiger partial charge in [-0.3, -0.25) is 9.59 Å². The molecule has 0 aromatic heterocycles. The van der Waals surface area contributed by atoms with Crippen LogP contribution in [0.2, 0.25) is 0 Å². The van der Waals surface area contributed by atoms with Gasteiger partial charge in [0.15, 0.2) is 11.5 Å². The van der Waals surface area contributed by atoms with Gasteiger partial charge in [-0.05, 0) is 51.3 Å². The molecule has 0 bridgehead atoms. The Morgan fingerprint density at radius 1 is 1.06 bits per heavy atom. The van der Waals surface area contributed by atoms with Gasteiger partial charge in [0.1, 0.15) is 5.60 Å². The van der Waals surface area contributed by atoms with Crippen molar-refractivity contribution in [2.75, 3.05) is 34.4 Å². The zero-order valence-electron chi connectivity index (χ0n) is 19.7. The van der Waals surface area contributed by atoms with Crippen molar-refractivity contribution in [1.29, 1.82) is 0 Å². The Balaban J connectivity index is 2.06. The molecule has 0 saturated carbocycles. The van der Waals surface area contributed by atoms with E-state index in [-0.39, 0.29) is 24.3 Å². The van der Waals surface area contributed by atoms with Gasteiger partial charge in [0.2, 0.25) is 5.91 Å². The van der Waals surface area contributed by atoms with E-state index in [1.165, 1.54) is 21.3 Å². The van der Waals surface area contributed by atoms with Crippen molar-refractivity contribution < 1.29 is 33.3 Å². The number of rotatable bonds is 7. The highest BCUT2D eigenvalue weighted by molar-refractivity contribution is 5.81. The van der Waals surface area contributed by atoms with Crippen molar-refractivity contribution in [2.45, 2.75) is 51.7 Å². The van der Waals surface area contributed by atoms with Gasteiger partial charge in [0, 0.05) is 19.0 Å². The minimum Gasteiger partial charge on any atom is -0.493 e. The molecular weight excluding hydrogens is 416 g/mol. The number of carbonyl (C=O) groups excluding carboxylic acids is 3. The minimum atomic E-state index is -0.585. The number of esters is 1. The zero-order valence-corrected chi connectivity index (χ0v) is 19.7. The summed E-state index contributed by atoms with van der Waals surface area (Å²) >= 11 is 0. The highest BCUT2D eigenvalue weighted by Gasteiger charge is 2.31. The van der Waals surface area contributed by atoms with E-state index >= 15 is 0 Å². The molecule has 32 heavy (non-hydrogen) atoms. The van der Waals surface area contributed by atoms with Crippen LogP contribution in [0.1, 0.15) is 51.6 Å². The molecule has 178 valence electrons. The highest BCUT2D eigenvalue weighted by atomic mass is 16.6. The lowest BCUT2D eigenvalue weighted by molar-refractivity contribution is -0.141. The maximum Gasteiger partial charge on any atom is 0.410 e. The van der Waals surface area contributed by atoms with Gasteiger partial charge >= 0.3 is 12.1 Å². The van der Waals surface area contributed by atoms with Gasteiger partial charge in [-0.25, -0.2) is 4.79 Å². The molecule has 0 spiro atoms. The molecular formula is C23H34N2O7. The molecule has 1 aliphatic rings. The largest absolute Gasteiger partial charge is 0.493 e. The van der Waals surface area contributed by atoms with Crippen LogP contribution in [-0.4, -0.2) is 62.9 Å². The van der Waals surface area contributed by atoms with E-state index in [0.717, 1.165) is 0 Å². The van der Waals surface area contributed by atoms with Crippen LogP contribution in [0.3, 0.4) is 0 Å². The van der Waals surface area contributed by atoms with Crippen molar-refractivity contribution in [1.82, 2.24) is 10.2 Å². The summed E-state index contributed by atoms with van der Waals surface area (Å²) in [6.07, 6.45) is 0.642. The number of nitrogens with zero attached hydrogens (tertiary/aromatic N) is 1. The first-order valence-corrected chi connectivity index (χ1v) is 10.6. The normalized spacial score (nSPS) is 15.5. The third kappa shape index (κ3) is 7.03. The predicted octanol–water partition coefficient (Wildman–Crippen LogP) is 3.07. The number of methoxy groups -OCH3 is 3. The summed E-state index contributed by atoms with van der Waals surface area (Å²) in [6.45, 7) is 6.33. The van der Waals surface area contributed by atoms with Gasteiger partial charge in [-0.2, -0.15) is 0 Å². The van der Waals surface area contributed by atoms with Gasteiger partial charge in [0.25, 0.3) is 0 Å². The standard InChI is InChI=1S/C23H34N2O7/c1-23(2,3)32-22(28)25-11-9-15(10-12-25)21(27)24-17(14-20(26)31-6)16-7-8-18(29-4)19(13-16)30-5/h7-8,13,15,17H,9-12,14H2,1-6H3,(H,24,27). The average Bonchev–Trinajstić information content (AvgIpc) is 2.76. The molecule has 2 amide bonds. The Bertz CT molecular complexity index is 811. The van der Waals surface area contributed by atoms with Crippen molar-refractivity contribution in [2.24, 2.45) is 5.92 Å². The van der Waals surface area contributed by atoms with Crippen LogP contribution in [0.15, 0.2) is 18.2 Å². The lowest BCUT2D eigenvalue weighted by atomic mass is 9.94. The topological polar surface area (TPSA) is 103 Å². The van der Waals surface area contributed by atoms with Crippen LogP contribution in [0.4, 0.5) is 4.79 Å². The summed E-state index contributed by atoms with van der Waals surface area (Å²) in [5.41, 5.74) is 0.138. The average molecular weight is 451 g/mol. The number of hydrogen-bond acceptors (Lipinski definition) is 7. The van der Waals surface area contributed by atoms with Crippen LogP contribution in [0.5, 0.6) is 11.5 Å². The first kappa shape index (κ1) is 25.3. The quantitative estimate of drug-likeness (QED) is 0.637. The third-order valence-electron chi connectivity index (χ3n) is 5.24. The van der Waals surface area contributed by atoms with E-state index in [1.807, 2.05) is 20.8 Å². The molecule has 1 N–H and O–H groups in total. The molecule has 1 aromatic carbocycles. The molecule has 1 aromatic rings. The summed E-state index contributed by atoms with van der Waals surface area (Å²) in [4.78, 5) is 38.8. The highest BCUT2D eigenvalue weighted by Crippen LogP contribution is 2.31. The van der Waals surface area contributed by atoms with Crippen LogP contribution in [0.25, 0.3) is 0 Å². The number of hydrogen-bond donors (Lipinski definition) is 1. The Hall–Kier alpha value is -2.97. The van der Waals surface area contributed by atoms with Crippen LogP contribution in [-0.2, 0) is 19.1 Å². The summed E-state index contributed by atoms with van der Waals surface area (Å²) in [5.74, 6) is 0.171. The van der Waals surface area contributed by atoms with Crippen LogP contribution < -0.4 is 14.8 Å². The maximum atomic E-state index is 13.0. The Morgan fingerprint density at radius 3 is 2.22 bits per heavy atom. The fourth-order valence-electron chi connectivity index (χ4n) is 3.51. The van der Waals surface area contributed by atoms with Gasteiger partial charge in [0.05, 0.1) is 33.8 Å². The number of amides is 2. The third-order valence-corrected chi connectivity index (χ3v) is 5.24. The summed E-state index contributed by atoms with van der Waals surface area (Å²) < 4.78 is 20.8. The van der Waals surface area contributed by atoms with Gasteiger partial charge in [-0.15, -0.1) is 0 Å². The number of likely N-dealkylation sites (tertiary alicyclic amines) is 1. The molecule has 1 fully saturated rings. The van der Waals surface area contributed by atoms with E-state index in [9.17, 15) is 14.4 Å². The van der Waals surface area contributed by atoms with Crippen molar-refractivity contribution in [3.05, 3.63) is 23.8 Å². The lowest BCUT2D eigenvalue weighted by Crippen LogP contribution is -2.45. The second-order valence-electron chi connectivity index (χ2n) is 8.70. The molecule has 9 nitrogen and oxygen atoms in total. The molecule has 1 atom stereocenters.